The maximum absolute atomic E-state index is 12.7. The maximum Gasteiger partial charge on any atom is 0.292 e. The molecule has 8 nitrogen and oxygen atoms in total. The highest BCUT2D eigenvalue weighted by molar-refractivity contribution is 5.95. The van der Waals surface area contributed by atoms with Crippen LogP contribution in [0.1, 0.15) is 18.1 Å². The number of fused-ring (bicyclic) bond motifs is 1. The summed E-state index contributed by atoms with van der Waals surface area (Å²) in [6.45, 7) is 3.29. The minimum atomic E-state index is -0.496. The van der Waals surface area contributed by atoms with Gasteiger partial charge in [-0.15, -0.1) is 0 Å². The van der Waals surface area contributed by atoms with E-state index >= 15 is 0 Å². The monoisotopic (exact) mass is 386 g/mol. The Morgan fingerprint density at radius 1 is 1.18 bits per heavy atom. The zero-order valence-corrected chi connectivity index (χ0v) is 16.2. The van der Waals surface area contributed by atoms with Crippen LogP contribution in [0.25, 0.3) is 0 Å². The molecule has 0 aliphatic carbocycles. The van der Waals surface area contributed by atoms with Crippen molar-refractivity contribution in [1.82, 2.24) is 0 Å². The number of carbonyl (C=O) groups is 1. The summed E-state index contributed by atoms with van der Waals surface area (Å²) in [5.41, 5.74) is 2.41. The molecular formula is C20H24N3O5+. The number of hydrogen-bond donors (Lipinski definition) is 2. The van der Waals surface area contributed by atoms with Crippen molar-refractivity contribution in [2.24, 2.45) is 0 Å². The molecule has 0 radical (unpaired) electrons. The fourth-order valence-corrected chi connectivity index (χ4v) is 3.52. The molecule has 0 bridgehead atoms. The number of nitrogens with one attached hydrogen (secondary N) is 2. The van der Waals surface area contributed by atoms with Gasteiger partial charge < -0.3 is 19.7 Å². The number of carbonyl (C=O) groups excluding carboxylic acids is 1. The summed E-state index contributed by atoms with van der Waals surface area (Å²) in [6.07, 6.45) is 0.814. The second kappa shape index (κ2) is 8.26. The lowest BCUT2D eigenvalue weighted by atomic mass is 9.97. The highest BCUT2D eigenvalue weighted by Gasteiger charge is 2.31. The van der Waals surface area contributed by atoms with E-state index in [9.17, 15) is 14.9 Å². The van der Waals surface area contributed by atoms with E-state index in [1.165, 1.54) is 11.6 Å². The zero-order valence-electron chi connectivity index (χ0n) is 16.2. The van der Waals surface area contributed by atoms with Crippen LogP contribution in [0.5, 0.6) is 11.5 Å². The lowest BCUT2D eigenvalue weighted by Gasteiger charge is -2.30. The number of benzene rings is 2. The molecule has 28 heavy (non-hydrogen) atoms. The van der Waals surface area contributed by atoms with Gasteiger partial charge in [0, 0.05) is 18.1 Å². The summed E-state index contributed by atoms with van der Waals surface area (Å²) in [5, 5.41) is 13.9. The summed E-state index contributed by atoms with van der Waals surface area (Å²) in [6, 6.07) is 9.75. The number of para-hydroxylation sites is 2. The van der Waals surface area contributed by atoms with Gasteiger partial charge in [-0.05, 0) is 30.7 Å². The first-order chi connectivity index (χ1) is 13.4. The van der Waals surface area contributed by atoms with Crippen LogP contribution in [0.4, 0.5) is 11.4 Å². The number of rotatable bonds is 6. The van der Waals surface area contributed by atoms with Gasteiger partial charge in [0.2, 0.25) is 0 Å². The molecule has 3 rings (SSSR count). The largest absolute Gasteiger partial charge is 0.493 e. The maximum atomic E-state index is 12.7. The van der Waals surface area contributed by atoms with E-state index in [-0.39, 0.29) is 23.3 Å². The van der Waals surface area contributed by atoms with Crippen molar-refractivity contribution in [2.75, 3.05) is 26.1 Å². The van der Waals surface area contributed by atoms with E-state index in [0.717, 1.165) is 23.4 Å². The Balaban J connectivity index is 1.75. The first-order valence-electron chi connectivity index (χ1n) is 9.07. The van der Waals surface area contributed by atoms with Gasteiger partial charge >= 0.3 is 0 Å². The molecule has 0 aromatic heterocycles. The lowest BCUT2D eigenvalue weighted by Crippen LogP contribution is -3.16. The Bertz CT molecular complexity index is 899. The summed E-state index contributed by atoms with van der Waals surface area (Å²) < 4.78 is 10.7. The summed E-state index contributed by atoms with van der Waals surface area (Å²) in [7, 11) is 3.21. The van der Waals surface area contributed by atoms with Crippen LogP contribution in [0.3, 0.4) is 0 Å². The van der Waals surface area contributed by atoms with E-state index in [2.05, 4.69) is 5.32 Å². The molecule has 8 heteroatoms. The van der Waals surface area contributed by atoms with Crippen LogP contribution >= 0.6 is 0 Å². The molecule has 0 spiro atoms. The summed E-state index contributed by atoms with van der Waals surface area (Å²) in [5.74, 6) is 1.12. The second-order valence-corrected chi connectivity index (χ2v) is 6.80. The van der Waals surface area contributed by atoms with E-state index in [1.807, 2.05) is 19.1 Å². The molecule has 0 fully saturated rings. The molecule has 1 unspecified atom stereocenters. The minimum Gasteiger partial charge on any atom is -0.493 e. The second-order valence-electron chi connectivity index (χ2n) is 6.80. The van der Waals surface area contributed by atoms with Gasteiger partial charge in [-0.3, -0.25) is 14.9 Å². The van der Waals surface area contributed by atoms with Crippen LogP contribution in [0, 0.1) is 10.1 Å². The normalized spacial score (nSPS) is 16.6. The van der Waals surface area contributed by atoms with Crippen LogP contribution in [-0.4, -0.2) is 37.6 Å². The Labute approximate surface area is 163 Å². The Morgan fingerprint density at radius 3 is 2.46 bits per heavy atom. The molecule has 0 saturated carbocycles. The first-order valence-corrected chi connectivity index (χ1v) is 9.07. The predicted molar refractivity (Wildman–Crippen MR) is 104 cm³/mol. The van der Waals surface area contributed by atoms with Gasteiger partial charge in [0.25, 0.3) is 11.6 Å². The van der Waals surface area contributed by atoms with Gasteiger partial charge in [0.05, 0.1) is 25.7 Å². The number of ether oxygens (including phenoxy) is 2. The zero-order chi connectivity index (χ0) is 20.3. The number of anilines is 1. The molecular weight excluding hydrogens is 362 g/mol. The van der Waals surface area contributed by atoms with Crippen molar-refractivity contribution < 1.29 is 24.1 Å². The number of amides is 1. The third-order valence-corrected chi connectivity index (χ3v) is 5.20. The SMILES string of the molecule is COc1cc2c(cc1OC)C[NH+]([C@H](C)C(=O)Nc1ccccc1[N+](=O)[O-])CC2. The quantitative estimate of drug-likeness (QED) is 0.581. The van der Waals surface area contributed by atoms with Crippen LogP contribution < -0.4 is 19.7 Å². The first kappa shape index (κ1) is 19.6. The Kier molecular flexibility index (Phi) is 5.79. The van der Waals surface area contributed by atoms with E-state index in [0.29, 0.717) is 18.0 Å². The number of quaternary nitrogens is 1. The van der Waals surface area contributed by atoms with E-state index < -0.39 is 4.92 Å². The lowest BCUT2D eigenvalue weighted by molar-refractivity contribution is -0.929. The van der Waals surface area contributed by atoms with Crippen LogP contribution in [-0.2, 0) is 17.8 Å². The van der Waals surface area contributed by atoms with E-state index in [4.69, 9.17) is 9.47 Å². The van der Waals surface area contributed by atoms with E-state index in [1.54, 1.807) is 32.4 Å². The summed E-state index contributed by atoms with van der Waals surface area (Å²) >= 11 is 0. The average molecular weight is 386 g/mol. The van der Waals surface area contributed by atoms with Gasteiger partial charge in [-0.2, -0.15) is 0 Å². The number of nitrogens with zero attached hydrogens (tertiary/aromatic N) is 1. The molecule has 1 aliphatic heterocycles. The minimum absolute atomic E-state index is 0.112. The molecule has 1 aliphatic rings. The molecule has 1 heterocycles. The van der Waals surface area contributed by atoms with Gasteiger partial charge in [0.15, 0.2) is 17.5 Å². The average Bonchev–Trinajstić information content (AvgIpc) is 2.71. The predicted octanol–water partition coefficient (Wildman–Crippen LogP) is 1.58. The number of nitro benzene ring substituents is 1. The van der Waals surface area contributed by atoms with Gasteiger partial charge in [0.1, 0.15) is 12.2 Å². The smallest absolute Gasteiger partial charge is 0.292 e. The highest BCUT2D eigenvalue weighted by Crippen LogP contribution is 2.31. The number of hydrogen-bond acceptors (Lipinski definition) is 5. The molecule has 1 amide bonds. The van der Waals surface area contributed by atoms with Crippen LogP contribution in [0.15, 0.2) is 36.4 Å². The Morgan fingerprint density at radius 2 is 1.82 bits per heavy atom. The molecule has 2 atom stereocenters. The van der Waals surface area contributed by atoms with Crippen LogP contribution in [0.2, 0.25) is 0 Å². The molecule has 2 N–H and O–H groups in total. The molecule has 2 aromatic carbocycles. The topological polar surface area (TPSA) is 95.1 Å². The Hall–Kier alpha value is -3.13. The van der Waals surface area contributed by atoms with Crippen molar-refractivity contribution in [3.8, 4) is 11.5 Å². The number of nitro groups is 1. The van der Waals surface area contributed by atoms with Crippen molar-refractivity contribution in [3.63, 3.8) is 0 Å². The van der Waals surface area contributed by atoms with Gasteiger partial charge in [-0.1, -0.05) is 12.1 Å². The fraction of sp³-hybridized carbons (Fsp3) is 0.350. The van der Waals surface area contributed by atoms with Gasteiger partial charge in [-0.25, -0.2) is 0 Å². The molecule has 148 valence electrons. The third kappa shape index (κ3) is 3.91. The third-order valence-electron chi connectivity index (χ3n) is 5.20. The van der Waals surface area contributed by atoms with Crippen molar-refractivity contribution in [1.29, 1.82) is 0 Å². The molecule has 0 saturated heterocycles. The standard InChI is InChI=1S/C20H23N3O5/c1-13(20(24)21-16-6-4-5-7-17(16)23(25)26)22-9-8-14-10-18(27-2)19(28-3)11-15(14)12-22/h4-7,10-11,13H,8-9,12H2,1-3H3,(H,21,24)/p+1/t13-/m1/s1. The van der Waals surface area contributed by atoms with Crippen molar-refractivity contribution >= 4 is 17.3 Å². The van der Waals surface area contributed by atoms with Crippen molar-refractivity contribution in [3.05, 3.63) is 57.6 Å². The molecule has 2 aromatic rings. The highest BCUT2D eigenvalue weighted by atomic mass is 16.6. The summed E-state index contributed by atoms with van der Waals surface area (Å²) in [4.78, 5) is 24.5. The van der Waals surface area contributed by atoms with Crippen molar-refractivity contribution in [2.45, 2.75) is 25.9 Å². The number of methoxy groups -OCH3 is 2. The fourth-order valence-electron chi connectivity index (χ4n) is 3.52.